The zero-order chi connectivity index (χ0) is 11.2. The number of hydrogen-bond donors (Lipinski definition) is 1. The minimum Gasteiger partial charge on any atom is -0.464 e. The van der Waals surface area contributed by atoms with Crippen molar-refractivity contribution in [3.05, 3.63) is 36.1 Å². The van der Waals surface area contributed by atoms with Gasteiger partial charge in [0, 0.05) is 10.9 Å². The number of rotatable bonds is 2. The number of nitrogens with two attached hydrogens (primary N) is 1. The van der Waals surface area contributed by atoms with Gasteiger partial charge in [0.1, 0.15) is 11.0 Å². The average molecular weight is 217 g/mol. The molecule has 1 amide bonds. The fourth-order valence-corrected chi connectivity index (χ4v) is 2.09. The molecule has 2 heterocycles. The molecule has 1 fully saturated rings. The van der Waals surface area contributed by atoms with Crippen molar-refractivity contribution in [3.63, 3.8) is 0 Å². The maximum Gasteiger partial charge on any atom is 0.232 e. The summed E-state index contributed by atoms with van der Waals surface area (Å²) in [5.41, 5.74) is 6.36. The van der Waals surface area contributed by atoms with E-state index in [1.54, 1.807) is 6.26 Å². The van der Waals surface area contributed by atoms with Crippen LogP contribution in [-0.4, -0.2) is 19.1 Å². The van der Waals surface area contributed by atoms with E-state index in [4.69, 9.17) is 14.9 Å². The summed E-state index contributed by atoms with van der Waals surface area (Å²) >= 11 is 0. The third-order valence-electron chi connectivity index (χ3n) is 3.17. The van der Waals surface area contributed by atoms with Gasteiger partial charge in [-0.2, -0.15) is 0 Å². The van der Waals surface area contributed by atoms with Crippen LogP contribution in [0, 0.1) is 0 Å². The van der Waals surface area contributed by atoms with Crippen molar-refractivity contribution in [2.45, 2.75) is 5.41 Å². The van der Waals surface area contributed by atoms with Crippen molar-refractivity contribution in [2.75, 3.05) is 13.2 Å². The lowest BCUT2D eigenvalue weighted by atomic mass is 9.78. The first-order valence-electron chi connectivity index (χ1n) is 5.08. The average Bonchev–Trinajstić information content (AvgIpc) is 2.61. The predicted molar refractivity (Wildman–Crippen MR) is 57.9 cm³/mol. The number of ether oxygens (including phenoxy) is 1. The van der Waals surface area contributed by atoms with Gasteiger partial charge in [0.2, 0.25) is 5.91 Å². The highest BCUT2D eigenvalue weighted by molar-refractivity contribution is 5.94. The van der Waals surface area contributed by atoms with Gasteiger partial charge in [-0.3, -0.25) is 4.79 Å². The molecule has 0 saturated carbocycles. The lowest BCUT2D eigenvalue weighted by molar-refractivity contribution is -0.141. The molecule has 1 aliphatic heterocycles. The molecule has 1 saturated heterocycles. The standard InChI is InChI=1S/C12H11NO3/c13-11(14)12(6-15-7-12)9-5-16-10-4-2-1-3-8(9)10/h1-5H,6-7H2,(H2,13,14). The van der Waals surface area contributed by atoms with Crippen molar-refractivity contribution < 1.29 is 13.9 Å². The van der Waals surface area contributed by atoms with Gasteiger partial charge in [-0.1, -0.05) is 18.2 Å². The highest BCUT2D eigenvalue weighted by Crippen LogP contribution is 2.37. The van der Waals surface area contributed by atoms with Gasteiger partial charge in [-0.25, -0.2) is 0 Å². The summed E-state index contributed by atoms with van der Waals surface area (Å²) in [6.07, 6.45) is 1.61. The Morgan fingerprint density at radius 1 is 1.31 bits per heavy atom. The first kappa shape index (κ1) is 9.42. The van der Waals surface area contributed by atoms with Gasteiger partial charge in [-0.15, -0.1) is 0 Å². The van der Waals surface area contributed by atoms with E-state index < -0.39 is 5.41 Å². The van der Waals surface area contributed by atoms with Crippen LogP contribution in [0.5, 0.6) is 0 Å². The van der Waals surface area contributed by atoms with E-state index in [1.165, 1.54) is 0 Å². The molecule has 4 heteroatoms. The molecule has 3 rings (SSSR count). The minimum atomic E-state index is -0.702. The Morgan fingerprint density at radius 3 is 2.69 bits per heavy atom. The second-order valence-corrected chi connectivity index (χ2v) is 4.08. The Morgan fingerprint density at radius 2 is 2.06 bits per heavy atom. The Labute approximate surface area is 92.0 Å². The SMILES string of the molecule is NC(=O)C1(c2coc3ccccc23)COC1. The number of fused-ring (bicyclic) bond motifs is 1. The summed E-state index contributed by atoms with van der Waals surface area (Å²) < 4.78 is 10.5. The number of primary amides is 1. The molecule has 16 heavy (non-hydrogen) atoms. The molecule has 0 spiro atoms. The number of carbonyl (C=O) groups is 1. The Hall–Kier alpha value is -1.81. The highest BCUT2D eigenvalue weighted by Gasteiger charge is 2.48. The van der Waals surface area contributed by atoms with Gasteiger partial charge in [0.05, 0.1) is 19.5 Å². The van der Waals surface area contributed by atoms with Crippen LogP contribution >= 0.6 is 0 Å². The lowest BCUT2D eigenvalue weighted by Crippen LogP contribution is -2.56. The molecular formula is C12H11NO3. The minimum absolute atomic E-state index is 0.339. The molecule has 1 aliphatic rings. The molecule has 0 radical (unpaired) electrons. The first-order chi connectivity index (χ1) is 7.74. The van der Waals surface area contributed by atoms with Crippen molar-refractivity contribution in [3.8, 4) is 0 Å². The molecule has 82 valence electrons. The second-order valence-electron chi connectivity index (χ2n) is 4.08. The summed E-state index contributed by atoms with van der Waals surface area (Å²) in [5, 5.41) is 0.935. The van der Waals surface area contributed by atoms with E-state index in [9.17, 15) is 4.79 Å². The van der Waals surface area contributed by atoms with Gasteiger partial charge in [0.25, 0.3) is 0 Å². The van der Waals surface area contributed by atoms with Crippen LogP contribution in [0.15, 0.2) is 34.9 Å². The van der Waals surface area contributed by atoms with E-state index in [-0.39, 0.29) is 5.91 Å². The number of furan rings is 1. The van der Waals surface area contributed by atoms with Crippen LogP contribution in [0.2, 0.25) is 0 Å². The monoisotopic (exact) mass is 217 g/mol. The predicted octanol–water partition coefficient (Wildman–Crippen LogP) is 1.19. The van der Waals surface area contributed by atoms with Gasteiger partial charge in [0.15, 0.2) is 0 Å². The van der Waals surface area contributed by atoms with E-state index in [0.29, 0.717) is 13.2 Å². The molecule has 1 aromatic carbocycles. The Balaban J connectivity index is 2.22. The van der Waals surface area contributed by atoms with Crippen LogP contribution in [-0.2, 0) is 14.9 Å². The number of hydrogen-bond acceptors (Lipinski definition) is 3. The molecule has 2 N–H and O–H groups in total. The van der Waals surface area contributed by atoms with E-state index in [0.717, 1.165) is 16.5 Å². The van der Waals surface area contributed by atoms with Gasteiger partial charge < -0.3 is 14.9 Å². The molecular weight excluding hydrogens is 206 g/mol. The topological polar surface area (TPSA) is 65.5 Å². The summed E-state index contributed by atoms with van der Waals surface area (Å²) in [5.74, 6) is -0.356. The normalized spacial score (nSPS) is 18.2. The third kappa shape index (κ3) is 1.05. The van der Waals surface area contributed by atoms with Crippen molar-refractivity contribution in [1.29, 1.82) is 0 Å². The summed E-state index contributed by atoms with van der Waals surface area (Å²) in [4.78, 5) is 11.5. The van der Waals surface area contributed by atoms with Gasteiger partial charge >= 0.3 is 0 Å². The van der Waals surface area contributed by atoms with E-state index >= 15 is 0 Å². The zero-order valence-corrected chi connectivity index (χ0v) is 8.60. The maximum absolute atomic E-state index is 11.5. The fraction of sp³-hybridized carbons (Fsp3) is 0.250. The van der Waals surface area contributed by atoms with Crippen molar-refractivity contribution in [2.24, 2.45) is 5.73 Å². The second kappa shape index (κ2) is 3.09. The molecule has 0 bridgehead atoms. The molecule has 4 nitrogen and oxygen atoms in total. The van der Waals surface area contributed by atoms with Crippen molar-refractivity contribution in [1.82, 2.24) is 0 Å². The number of benzene rings is 1. The van der Waals surface area contributed by atoms with Crippen LogP contribution in [0.3, 0.4) is 0 Å². The lowest BCUT2D eigenvalue weighted by Gasteiger charge is -2.37. The van der Waals surface area contributed by atoms with Gasteiger partial charge in [-0.05, 0) is 6.07 Å². The highest BCUT2D eigenvalue weighted by atomic mass is 16.5. The molecule has 0 unspecified atom stereocenters. The third-order valence-corrected chi connectivity index (χ3v) is 3.17. The summed E-state index contributed by atoms with van der Waals surface area (Å²) in [6, 6.07) is 7.60. The zero-order valence-electron chi connectivity index (χ0n) is 8.60. The Bertz CT molecular complexity index is 554. The Kier molecular flexibility index (Phi) is 1.82. The maximum atomic E-state index is 11.5. The van der Waals surface area contributed by atoms with E-state index in [2.05, 4.69) is 0 Å². The molecule has 0 aliphatic carbocycles. The summed E-state index contributed by atoms with van der Waals surface area (Å²) in [6.45, 7) is 0.678. The fourth-order valence-electron chi connectivity index (χ4n) is 2.09. The van der Waals surface area contributed by atoms with Crippen LogP contribution in [0.4, 0.5) is 0 Å². The van der Waals surface area contributed by atoms with Crippen LogP contribution in [0.25, 0.3) is 11.0 Å². The van der Waals surface area contributed by atoms with Crippen LogP contribution < -0.4 is 5.73 Å². The number of para-hydroxylation sites is 1. The van der Waals surface area contributed by atoms with E-state index in [1.807, 2.05) is 24.3 Å². The number of carbonyl (C=O) groups excluding carboxylic acids is 1. The van der Waals surface area contributed by atoms with Crippen molar-refractivity contribution >= 4 is 16.9 Å². The largest absolute Gasteiger partial charge is 0.464 e. The quantitative estimate of drug-likeness (QED) is 0.821. The smallest absolute Gasteiger partial charge is 0.232 e. The molecule has 0 atom stereocenters. The van der Waals surface area contributed by atoms with Crippen LogP contribution in [0.1, 0.15) is 5.56 Å². The molecule has 2 aromatic rings. The summed E-state index contributed by atoms with van der Waals surface area (Å²) in [7, 11) is 0. The first-order valence-corrected chi connectivity index (χ1v) is 5.08. The number of amides is 1. The molecule has 1 aromatic heterocycles.